The van der Waals surface area contributed by atoms with Gasteiger partial charge in [-0.2, -0.15) is 0 Å². The fourth-order valence-corrected chi connectivity index (χ4v) is 2.22. The molecule has 0 heterocycles. The van der Waals surface area contributed by atoms with Crippen molar-refractivity contribution in [2.45, 2.75) is 6.42 Å². The number of anilines is 2. The lowest BCUT2D eigenvalue weighted by Crippen LogP contribution is -2.26. The third-order valence-electron chi connectivity index (χ3n) is 3.47. The van der Waals surface area contributed by atoms with Crippen LogP contribution in [0.25, 0.3) is 0 Å². The minimum Gasteiger partial charge on any atom is -0.384 e. The number of methoxy groups -OCH3 is 1. The highest BCUT2D eigenvalue weighted by Gasteiger charge is 2.13. The Morgan fingerprint density at radius 3 is 2.29 bits per heavy atom. The molecule has 0 fully saturated rings. The molecule has 2 aromatic rings. The number of carbonyl (C=O) groups is 2. The molecule has 0 atom stereocenters. The van der Waals surface area contributed by atoms with Crippen LogP contribution in [0.4, 0.5) is 11.4 Å². The molecule has 0 aliphatic heterocycles. The number of hydrogen-bond donors (Lipinski definition) is 1. The van der Waals surface area contributed by atoms with Crippen LogP contribution < -0.4 is 10.2 Å². The van der Waals surface area contributed by atoms with Gasteiger partial charge in [0.1, 0.15) is 0 Å². The highest BCUT2D eigenvalue weighted by atomic mass is 35.5. The van der Waals surface area contributed by atoms with Crippen molar-refractivity contribution >= 4 is 34.8 Å². The van der Waals surface area contributed by atoms with Gasteiger partial charge in [-0.3, -0.25) is 9.59 Å². The Morgan fingerprint density at radius 1 is 1.08 bits per heavy atom. The van der Waals surface area contributed by atoms with Crippen LogP contribution in [0.2, 0.25) is 5.02 Å². The van der Waals surface area contributed by atoms with Gasteiger partial charge in [0, 0.05) is 36.1 Å². The largest absolute Gasteiger partial charge is 0.384 e. The van der Waals surface area contributed by atoms with Crippen LogP contribution >= 0.6 is 11.6 Å². The Morgan fingerprint density at radius 2 is 1.71 bits per heavy atom. The lowest BCUT2D eigenvalue weighted by Gasteiger charge is -2.18. The second-order valence-corrected chi connectivity index (χ2v) is 5.65. The molecule has 126 valence electrons. The van der Waals surface area contributed by atoms with Crippen LogP contribution in [-0.4, -0.2) is 32.6 Å². The number of benzene rings is 2. The van der Waals surface area contributed by atoms with E-state index in [1.54, 1.807) is 67.6 Å². The summed E-state index contributed by atoms with van der Waals surface area (Å²) in [6, 6.07) is 13.8. The van der Waals surface area contributed by atoms with E-state index in [1.807, 2.05) is 0 Å². The molecule has 0 saturated carbocycles. The highest BCUT2D eigenvalue weighted by Crippen LogP contribution is 2.20. The Labute approximate surface area is 146 Å². The minimum absolute atomic E-state index is 0.116. The van der Waals surface area contributed by atoms with Crippen molar-refractivity contribution in [2.75, 3.05) is 31.0 Å². The SMILES string of the molecule is COCCC(=O)Nc1ccc(N(C)C(=O)c2ccc(Cl)cc2)cc1. The maximum Gasteiger partial charge on any atom is 0.258 e. The van der Waals surface area contributed by atoms with Gasteiger partial charge in [-0.15, -0.1) is 0 Å². The fraction of sp³-hybridized carbons (Fsp3) is 0.222. The maximum absolute atomic E-state index is 12.4. The molecule has 0 saturated heterocycles. The van der Waals surface area contributed by atoms with Crippen LogP contribution in [0, 0.1) is 0 Å². The second-order valence-electron chi connectivity index (χ2n) is 5.21. The zero-order chi connectivity index (χ0) is 17.5. The summed E-state index contributed by atoms with van der Waals surface area (Å²) >= 11 is 5.84. The Kier molecular flexibility index (Phi) is 6.35. The van der Waals surface area contributed by atoms with Gasteiger partial charge in [0.15, 0.2) is 0 Å². The molecular formula is C18H19ClN2O3. The molecule has 0 aliphatic rings. The molecule has 24 heavy (non-hydrogen) atoms. The zero-order valence-electron chi connectivity index (χ0n) is 13.6. The Bertz CT molecular complexity index is 699. The van der Waals surface area contributed by atoms with Crippen LogP contribution in [-0.2, 0) is 9.53 Å². The van der Waals surface area contributed by atoms with Crippen LogP contribution in [0.1, 0.15) is 16.8 Å². The lowest BCUT2D eigenvalue weighted by atomic mass is 10.2. The first kappa shape index (κ1) is 18.0. The molecule has 1 N–H and O–H groups in total. The first-order valence-corrected chi connectivity index (χ1v) is 7.81. The van der Waals surface area contributed by atoms with Crippen molar-refractivity contribution in [3.8, 4) is 0 Å². The Balaban J connectivity index is 2.02. The molecule has 2 amide bonds. The molecule has 0 bridgehead atoms. The third-order valence-corrected chi connectivity index (χ3v) is 3.72. The Hall–Kier alpha value is -2.37. The predicted octanol–water partition coefficient (Wildman–Crippen LogP) is 3.59. The van der Waals surface area contributed by atoms with Crippen molar-refractivity contribution in [1.29, 1.82) is 0 Å². The summed E-state index contributed by atoms with van der Waals surface area (Å²) in [4.78, 5) is 25.6. The summed E-state index contributed by atoms with van der Waals surface area (Å²) in [7, 11) is 3.25. The fourth-order valence-electron chi connectivity index (χ4n) is 2.09. The summed E-state index contributed by atoms with van der Waals surface area (Å²) in [5.74, 6) is -0.251. The van der Waals surface area contributed by atoms with Gasteiger partial charge < -0.3 is 15.0 Å². The molecule has 0 aromatic heterocycles. The number of hydrogen-bond acceptors (Lipinski definition) is 3. The minimum atomic E-state index is -0.136. The average Bonchev–Trinajstić information content (AvgIpc) is 2.60. The van der Waals surface area contributed by atoms with E-state index in [0.717, 1.165) is 5.69 Å². The number of amides is 2. The molecule has 0 unspecified atom stereocenters. The predicted molar refractivity (Wildman–Crippen MR) is 95.8 cm³/mol. The standard InChI is InChI=1S/C18H19ClN2O3/c1-21(18(23)13-3-5-14(19)6-4-13)16-9-7-15(8-10-16)20-17(22)11-12-24-2/h3-10H,11-12H2,1-2H3,(H,20,22). The molecule has 6 heteroatoms. The number of ether oxygens (including phenoxy) is 1. The van der Waals surface area contributed by atoms with E-state index in [-0.39, 0.29) is 11.8 Å². The topological polar surface area (TPSA) is 58.6 Å². The van der Waals surface area contributed by atoms with E-state index >= 15 is 0 Å². The van der Waals surface area contributed by atoms with Gasteiger partial charge in [0.2, 0.25) is 5.91 Å². The number of nitrogens with one attached hydrogen (secondary N) is 1. The van der Waals surface area contributed by atoms with Crippen LogP contribution in [0.3, 0.4) is 0 Å². The van der Waals surface area contributed by atoms with Crippen LogP contribution in [0.5, 0.6) is 0 Å². The third kappa shape index (κ3) is 4.81. The number of carbonyl (C=O) groups excluding carboxylic acids is 2. The second kappa shape index (κ2) is 8.47. The van der Waals surface area contributed by atoms with E-state index in [0.29, 0.717) is 29.3 Å². The molecule has 2 aromatic carbocycles. The lowest BCUT2D eigenvalue weighted by molar-refractivity contribution is -0.117. The van der Waals surface area contributed by atoms with Crippen molar-refractivity contribution in [3.63, 3.8) is 0 Å². The first-order chi connectivity index (χ1) is 11.5. The van der Waals surface area contributed by atoms with E-state index in [9.17, 15) is 9.59 Å². The average molecular weight is 347 g/mol. The molecular weight excluding hydrogens is 328 g/mol. The van der Waals surface area contributed by atoms with Crippen LogP contribution in [0.15, 0.2) is 48.5 Å². The number of nitrogens with zero attached hydrogens (tertiary/aromatic N) is 1. The molecule has 2 rings (SSSR count). The van der Waals surface area contributed by atoms with E-state index in [4.69, 9.17) is 16.3 Å². The highest BCUT2D eigenvalue weighted by molar-refractivity contribution is 6.30. The molecule has 5 nitrogen and oxygen atoms in total. The molecule has 0 spiro atoms. The maximum atomic E-state index is 12.4. The molecule has 0 aliphatic carbocycles. The quantitative estimate of drug-likeness (QED) is 0.869. The number of rotatable bonds is 6. The van der Waals surface area contributed by atoms with Gasteiger partial charge in [-0.05, 0) is 48.5 Å². The van der Waals surface area contributed by atoms with Gasteiger partial charge in [0.25, 0.3) is 5.91 Å². The van der Waals surface area contributed by atoms with E-state index in [2.05, 4.69) is 5.32 Å². The summed E-state index contributed by atoms with van der Waals surface area (Å²) in [6.45, 7) is 0.377. The zero-order valence-corrected chi connectivity index (χ0v) is 14.3. The number of halogens is 1. The summed E-state index contributed by atoms with van der Waals surface area (Å²) in [5, 5.41) is 3.36. The van der Waals surface area contributed by atoms with E-state index in [1.165, 1.54) is 0 Å². The van der Waals surface area contributed by atoms with Crippen molar-refractivity contribution < 1.29 is 14.3 Å². The summed E-state index contributed by atoms with van der Waals surface area (Å²) in [6.07, 6.45) is 0.299. The van der Waals surface area contributed by atoms with E-state index < -0.39 is 0 Å². The summed E-state index contributed by atoms with van der Waals surface area (Å²) < 4.78 is 4.86. The van der Waals surface area contributed by atoms with Gasteiger partial charge in [-0.25, -0.2) is 0 Å². The smallest absolute Gasteiger partial charge is 0.258 e. The van der Waals surface area contributed by atoms with Gasteiger partial charge in [0.05, 0.1) is 13.0 Å². The van der Waals surface area contributed by atoms with Crippen molar-refractivity contribution in [1.82, 2.24) is 0 Å². The summed E-state index contributed by atoms with van der Waals surface area (Å²) in [5.41, 5.74) is 1.95. The monoisotopic (exact) mass is 346 g/mol. The van der Waals surface area contributed by atoms with Crippen molar-refractivity contribution in [3.05, 3.63) is 59.1 Å². The first-order valence-electron chi connectivity index (χ1n) is 7.43. The van der Waals surface area contributed by atoms with Gasteiger partial charge in [-0.1, -0.05) is 11.6 Å². The van der Waals surface area contributed by atoms with Crippen molar-refractivity contribution in [2.24, 2.45) is 0 Å². The molecule has 0 radical (unpaired) electrons. The van der Waals surface area contributed by atoms with Gasteiger partial charge >= 0.3 is 0 Å². The normalized spacial score (nSPS) is 10.3.